The van der Waals surface area contributed by atoms with Crippen LogP contribution in [0.2, 0.25) is 0 Å². The molecule has 23 heavy (non-hydrogen) atoms. The number of nitrogens with one attached hydrogen (secondary N) is 2. The van der Waals surface area contributed by atoms with Crippen LogP contribution in [0, 0.1) is 19.8 Å². The summed E-state index contributed by atoms with van der Waals surface area (Å²) in [6.07, 6.45) is 0. The minimum absolute atomic E-state index is 0.0309. The number of anilines is 1. The highest BCUT2D eigenvalue weighted by Gasteiger charge is 2.12. The minimum Gasteiger partial charge on any atom is -0.308 e. The molecule has 0 saturated heterocycles. The standard InChI is InChI=1S/C19H21N3O/c1-11(2)19(23)20-18-16-8-7-15(10-17(16)21-22-18)14-6-5-12(3)13(4)9-14/h5-11H,1-4H3,(H2,20,21,22,23). The van der Waals surface area contributed by atoms with E-state index >= 15 is 0 Å². The maximum atomic E-state index is 11.8. The average molecular weight is 307 g/mol. The fraction of sp³-hybridized carbons (Fsp3) is 0.263. The van der Waals surface area contributed by atoms with Crippen molar-refractivity contribution in [2.75, 3.05) is 5.32 Å². The molecule has 118 valence electrons. The summed E-state index contributed by atoms with van der Waals surface area (Å²) >= 11 is 0. The van der Waals surface area contributed by atoms with Crippen molar-refractivity contribution in [3.63, 3.8) is 0 Å². The van der Waals surface area contributed by atoms with Gasteiger partial charge in [-0.3, -0.25) is 9.89 Å². The van der Waals surface area contributed by atoms with Gasteiger partial charge in [0.1, 0.15) is 0 Å². The average Bonchev–Trinajstić information content (AvgIpc) is 2.92. The summed E-state index contributed by atoms with van der Waals surface area (Å²) in [7, 11) is 0. The van der Waals surface area contributed by atoms with Gasteiger partial charge >= 0.3 is 0 Å². The van der Waals surface area contributed by atoms with Crippen LogP contribution in [0.4, 0.5) is 5.82 Å². The zero-order valence-electron chi connectivity index (χ0n) is 13.9. The predicted molar refractivity (Wildman–Crippen MR) is 94.5 cm³/mol. The zero-order valence-corrected chi connectivity index (χ0v) is 13.9. The number of hydrogen-bond donors (Lipinski definition) is 2. The largest absolute Gasteiger partial charge is 0.308 e. The number of H-pyrrole nitrogens is 1. The Balaban J connectivity index is 1.97. The van der Waals surface area contributed by atoms with E-state index in [9.17, 15) is 4.79 Å². The Morgan fingerprint density at radius 3 is 2.43 bits per heavy atom. The molecule has 0 fully saturated rings. The van der Waals surface area contributed by atoms with Gasteiger partial charge in [0, 0.05) is 11.3 Å². The highest BCUT2D eigenvalue weighted by molar-refractivity contribution is 6.01. The van der Waals surface area contributed by atoms with Crippen molar-refractivity contribution in [3.8, 4) is 11.1 Å². The quantitative estimate of drug-likeness (QED) is 0.751. The van der Waals surface area contributed by atoms with Crippen molar-refractivity contribution < 1.29 is 4.79 Å². The van der Waals surface area contributed by atoms with Crippen LogP contribution in [0.1, 0.15) is 25.0 Å². The molecule has 0 radical (unpaired) electrons. The molecule has 2 aromatic carbocycles. The van der Waals surface area contributed by atoms with Gasteiger partial charge in [-0.1, -0.05) is 38.1 Å². The highest BCUT2D eigenvalue weighted by atomic mass is 16.1. The predicted octanol–water partition coefficient (Wildman–Crippen LogP) is 4.44. The van der Waals surface area contributed by atoms with Crippen LogP contribution in [0.15, 0.2) is 36.4 Å². The number of nitrogens with zero attached hydrogens (tertiary/aromatic N) is 1. The fourth-order valence-electron chi connectivity index (χ4n) is 2.48. The molecule has 0 aliphatic heterocycles. The summed E-state index contributed by atoms with van der Waals surface area (Å²) in [6, 6.07) is 12.6. The van der Waals surface area contributed by atoms with Gasteiger partial charge in [0.2, 0.25) is 5.91 Å². The summed E-state index contributed by atoms with van der Waals surface area (Å²) in [4.78, 5) is 11.8. The highest BCUT2D eigenvalue weighted by Crippen LogP contribution is 2.28. The molecule has 2 N–H and O–H groups in total. The number of hydrogen-bond acceptors (Lipinski definition) is 2. The second-order valence-electron chi connectivity index (χ2n) is 6.28. The van der Waals surface area contributed by atoms with Gasteiger partial charge in [0.15, 0.2) is 5.82 Å². The summed E-state index contributed by atoms with van der Waals surface area (Å²) in [6.45, 7) is 7.96. The number of rotatable bonds is 3. The van der Waals surface area contributed by atoms with Crippen LogP contribution in [0.3, 0.4) is 0 Å². The van der Waals surface area contributed by atoms with Gasteiger partial charge < -0.3 is 5.32 Å². The van der Waals surface area contributed by atoms with Crippen molar-refractivity contribution in [3.05, 3.63) is 47.5 Å². The molecule has 0 spiro atoms. The van der Waals surface area contributed by atoms with Gasteiger partial charge in [0.25, 0.3) is 0 Å². The first-order valence-electron chi connectivity index (χ1n) is 7.82. The SMILES string of the molecule is Cc1ccc(-c2ccc3c(NC(=O)C(C)C)n[nH]c3c2)cc1C. The Bertz CT molecular complexity index is 877. The third kappa shape index (κ3) is 2.97. The molecular weight excluding hydrogens is 286 g/mol. The summed E-state index contributed by atoms with van der Waals surface area (Å²) in [5, 5.41) is 11.0. The van der Waals surface area contributed by atoms with Gasteiger partial charge in [-0.05, 0) is 48.2 Å². The van der Waals surface area contributed by atoms with Crippen molar-refractivity contribution in [1.82, 2.24) is 10.2 Å². The molecular formula is C19H21N3O. The van der Waals surface area contributed by atoms with Crippen molar-refractivity contribution in [2.24, 2.45) is 5.92 Å². The first kappa shape index (κ1) is 15.3. The molecule has 0 atom stereocenters. The van der Waals surface area contributed by atoms with Crippen LogP contribution in [-0.4, -0.2) is 16.1 Å². The number of carbonyl (C=O) groups is 1. The zero-order chi connectivity index (χ0) is 16.6. The van der Waals surface area contributed by atoms with Crippen LogP contribution >= 0.6 is 0 Å². The number of fused-ring (bicyclic) bond motifs is 1. The first-order chi connectivity index (χ1) is 11.0. The van der Waals surface area contributed by atoms with E-state index in [1.807, 2.05) is 19.9 Å². The monoisotopic (exact) mass is 307 g/mol. The van der Waals surface area contributed by atoms with E-state index in [4.69, 9.17) is 0 Å². The van der Waals surface area contributed by atoms with E-state index in [0.717, 1.165) is 16.5 Å². The van der Waals surface area contributed by atoms with Crippen molar-refractivity contribution in [1.29, 1.82) is 0 Å². The summed E-state index contributed by atoms with van der Waals surface area (Å²) in [5.41, 5.74) is 5.79. The molecule has 4 heteroatoms. The third-order valence-electron chi connectivity index (χ3n) is 4.17. The third-order valence-corrected chi connectivity index (χ3v) is 4.17. The number of aromatic amines is 1. The summed E-state index contributed by atoms with van der Waals surface area (Å²) < 4.78 is 0. The Kier molecular flexibility index (Phi) is 3.90. The maximum Gasteiger partial charge on any atom is 0.228 e. The molecule has 3 rings (SSSR count). The van der Waals surface area contributed by atoms with Gasteiger partial charge in [-0.25, -0.2) is 0 Å². The molecule has 1 amide bonds. The minimum atomic E-state index is -0.0726. The lowest BCUT2D eigenvalue weighted by Crippen LogP contribution is -2.18. The molecule has 0 bridgehead atoms. The lowest BCUT2D eigenvalue weighted by atomic mass is 10.00. The van der Waals surface area contributed by atoms with E-state index in [0.29, 0.717) is 5.82 Å². The van der Waals surface area contributed by atoms with E-state index < -0.39 is 0 Å². The molecule has 0 saturated carbocycles. The van der Waals surface area contributed by atoms with Crippen molar-refractivity contribution >= 4 is 22.6 Å². The molecule has 1 aromatic heterocycles. The summed E-state index contributed by atoms with van der Waals surface area (Å²) in [5.74, 6) is 0.485. The Labute approximate surface area is 135 Å². The molecule has 4 nitrogen and oxygen atoms in total. The smallest absolute Gasteiger partial charge is 0.228 e. The molecule has 3 aromatic rings. The molecule has 0 aliphatic rings. The Hall–Kier alpha value is -2.62. The normalized spacial score (nSPS) is 11.2. The maximum absolute atomic E-state index is 11.8. The number of benzene rings is 2. The van der Waals surface area contributed by atoms with E-state index in [1.165, 1.54) is 16.7 Å². The lowest BCUT2D eigenvalue weighted by molar-refractivity contribution is -0.118. The molecule has 0 unspecified atom stereocenters. The van der Waals surface area contributed by atoms with E-state index in [-0.39, 0.29) is 11.8 Å². The lowest BCUT2D eigenvalue weighted by Gasteiger charge is -2.07. The van der Waals surface area contributed by atoms with Crippen molar-refractivity contribution in [2.45, 2.75) is 27.7 Å². The number of amides is 1. The number of carbonyl (C=O) groups excluding carboxylic acids is 1. The van der Waals surface area contributed by atoms with Gasteiger partial charge in [-0.2, -0.15) is 5.10 Å². The topological polar surface area (TPSA) is 57.8 Å². The molecule has 1 heterocycles. The Morgan fingerprint density at radius 2 is 1.74 bits per heavy atom. The first-order valence-corrected chi connectivity index (χ1v) is 7.82. The van der Waals surface area contributed by atoms with Crippen LogP contribution in [0.25, 0.3) is 22.0 Å². The Morgan fingerprint density at radius 1 is 1.04 bits per heavy atom. The number of aromatic nitrogens is 2. The molecule has 0 aliphatic carbocycles. The van der Waals surface area contributed by atoms with Crippen LogP contribution in [0.5, 0.6) is 0 Å². The second kappa shape index (κ2) is 5.88. The van der Waals surface area contributed by atoms with Crippen LogP contribution < -0.4 is 5.32 Å². The van der Waals surface area contributed by atoms with Crippen LogP contribution in [-0.2, 0) is 4.79 Å². The fourth-order valence-corrected chi connectivity index (χ4v) is 2.48. The number of aryl methyl sites for hydroxylation is 2. The van der Waals surface area contributed by atoms with Gasteiger partial charge in [-0.15, -0.1) is 0 Å². The van der Waals surface area contributed by atoms with Gasteiger partial charge in [0.05, 0.1) is 5.52 Å². The second-order valence-corrected chi connectivity index (χ2v) is 6.28. The van der Waals surface area contributed by atoms with E-state index in [1.54, 1.807) is 0 Å². The van der Waals surface area contributed by atoms with E-state index in [2.05, 4.69) is 59.7 Å².